The molecule has 3 N–H and O–H groups in total. The zero-order chi connectivity index (χ0) is 24.3. The molecule has 4 rings (SSSR count). The van der Waals surface area contributed by atoms with E-state index in [9.17, 15) is 23.1 Å². The number of aromatic nitrogens is 5. The van der Waals surface area contributed by atoms with Gasteiger partial charge in [-0.2, -0.15) is 10.2 Å². The zero-order valence-corrected chi connectivity index (χ0v) is 17.6. The van der Waals surface area contributed by atoms with Gasteiger partial charge in [0, 0.05) is 31.0 Å². The summed E-state index contributed by atoms with van der Waals surface area (Å²) in [7, 11) is 0. The SMILES string of the molecule is C=CC(=O)NCc1nn(-c2ccc(OC(F)(F)F)cc2)c2nccc(-c3c[nH]nc3CCO)c12. The minimum Gasteiger partial charge on any atom is -0.406 e. The number of H-pyrrole nitrogens is 1. The van der Waals surface area contributed by atoms with Gasteiger partial charge in [0.2, 0.25) is 5.91 Å². The number of aliphatic hydroxyl groups excluding tert-OH is 1. The first-order valence-corrected chi connectivity index (χ1v) is 10.1. The third kappa shape index (κ3) is 4.76. The van der Waals surface area contributed by atoms with Crippen molar-refractivity contribution in [2.24, 2.45) is 0 Å². The minimum absolute atomic E-state index is 0.0511. The summed E-state index contributed by atoms with van der Waals surface area (Å²) in [6.45, 7) is 3.39. The Morgan fingerprint density at radius 1 is 1.21 bits per heavy atom. The smallest absolute Gasteiger partial charge is 0.406 e. The van der Waals surface area contributed by atoms with E-state index in [2.05, 4.69) is 36.9 Å². The number of hydrogen-bond donors (Lipinski definition) is 3. The van der Waals surface area contributed by atoms with E-state index < -0.39 is 12.3 Å². The molecule has 0 spiro atoms. The first-order chi connectivity index (χ1) is 16.3. The predicted octanol–water partition coefficient (Wildman–Crippen LogP) is 3.05. The summed E-state index contributed by atoms with van der Waals surface area (Å²) < 4.78 is 42.9. The second-order valence-electron chi connectivity index (χ2n) is 7.10. The molecule has 3 aromatic heterocycles. The van der Waals surface area contributed by atoms with Gasteiger partial charge in [-0.25, -0.2) is 9.67 Å². The van der Waals surface area contributed by atoms with Gasteiger partial charge >= 0.3 is 6.36 Å². The quantitative estimate of drug-likeness (QED) is 0.339. The number of alkyl halides is 3. The Balaban J connectivity index is 1.84. The lowest BCUT2D eigenvalue weighted by Gasteiger charge is -2.09. The van der Waals surface area contributed by atoms with E-state index >= 15 is 0 Å². The molecular formula is C22H19F3N6O3. The lowest BCUT2D eigenvalue weighted by atomic mass is 10.0. The molecule has 34 heavy (non-hydrogen) atoms. The highest BCUT2D eigenvalue weighted by Crippen LogP contribution is 2.33. The van der Waals surface area contributed by atoms with Crippen LogP contribution in [-0.2, 0) is 17.8 Å². The molecule has 0 aliphatic heterocycles. The molecule has 1 amide bonds. The van der Waals surface area contributed by atoms with E-state index in [-0.39, 0.29) is 18.9 Å². The van der Waals surface area contributed by atoms with Crippen molar-refractivity contribution in [2.45, 2.75) is 19.3 Å². The van der Waals surface area contributed by atoms with E-state index in [1.54, 1.807) is 18.5 Å². The Morgan fingerprint density at radius 3 is 2.65 bits per heavy atom. The fourth-order valence-corrected chi connectivity index (χ4v) is 3.52. The van der Waals surface area contributed by atoms with Gasteiger partial charge < -0.3 is 15.2 Å². The molecule has 0 bridgehead atoms. The maximum atomic E-state index is 12.5. The normalized spacial score (nSPS) is 11.5. The highest BCUT2D eigenvalue weighted by Gasteiger charge is 2.31. The Hall–Kier alpha value is -4.19. The van der Waals surface area contributed by atoms with Gasteiger partial charge in [-0.15, -0.1) is 13.2 Å². The van der Waals surface area contributed by atoms with Crippen LogP contribution in [0.2, 0.25) is 0 Å². The number of amides is 1. The average Bonchev–Trinajstić information content (AvgIpc) is 3.42. The zero-order valence-electron chi connectivity index (χ0n) is 17.6. The number of hydrogen-bond acceptors (Lipinski definition) is 6. The molecule has 3 heterocycles. The van der Waals surface area contributed by atoms with Gasteiger partial charge in [0.05, 0.1) is 29.0 Å². The van der Waals surface area contributed by atoms with Crippen LogP contribution in [0.25, 0.3) is 27.8 Å². The first kappa shape index (κ1) is 23.0. The largest absolute Gasteiger partial charge is 0.573 e. The van der Waals surface area contributed by atoms with Crippen LogP contribution in [0.1, 0.15) is 11.4 Å². The fourth-order valence-electron chi connectivity index (χ4n) is 3.52. The van der Waals surface area contributed by atoms with Crippen molar-refractivity contribution >= 4 is 16.9 Å². The number of aromatic amines is 1. The van der Waals surface area contributed by atoms with Crippen molar-refractivity contribution < 1.29 is 27.8 Å². The third-order valence-corrected chi connectivity index (χ3v) is 4.93. The van der Waals surface area contributed by atoms with Crippen LogP contribution < -0.4 is 10.1 Å². The maximum absolute atomic E-state index is 12.5. The van der Waals surface area contributed by atoms with E-state index in [0.717, 1.165) is 11.6 Å². The molecule has 0 unspecified atom stereocenters. The molecule has 0 atom stereocenters. The summed E-state index contributed by atoms with van der Waals surface area (Å²) in [5, 5.41) is 24.2. The average molecular weight is 472 g/mol. The summed E-state index contributed by atoms with van der Waals surface area (Å²) in [5.41, 5.74) is 3.41. The third-order valence-electron chi connectivity index (χ3n) is 4.93. The molecule has 12 heteroatoms. The minimum atomic E-state index is -4.80. The molecule has 0 saturated heterocycles. The number of benzene rings is 1. The molecule has 0 aliphatic carbocycles. The van der Waals surface area contributed by atoms with Crippen molar-refractivity contribution in [3.63, 3.8) is 0 Å². The number of nitrogens with one attached hydrogen (secondary N) is 2. The van der Waals surface area contributed by atoms with Crippen LogP contribution in [0.15, 0.2) is 55.4 Å². The highest BCUT2D eigenvalue weighted by atomic mass is 19.4. The number of carbonyl (C=O) groups is 1. The van der Waals surface area contributed by atoms with Gasteiger partial charge in [0.1, 0.15) is 5.75 Å². The van der Waals surface area contributed by atoms with Gasteiger partial charge in [-0.05, 0) is 42.0 Å². The van der Waals surface area contributed by atoms with Gasteiger partial charge in [0.15, 0.2) is 5.65 Å². The van der Waals surface area contributed by atoms with E-state index in [0.29, 0.717) is 40.1 Å². The van der Waals surface area contributed by atoms with Gasteiger partial charge in [0.25, 0.3) is 0 Å². The van der Waals surface area contributed by atoms with Crippen molar-refractivity contribution in [2.75, 3.05) is 6.61 Å². The number of ether oxygens (including phenoxy) is 1. The van der Waals surface area contributed by atoms with Gasteiger partial charge in [-0.1, -0.05) is 6.58 Å². The molecule has 0 fully saturated rings. The first-order valence-electron chi connectivity index (χ1n) is 10.1. The molecule has 0 aliphatic rings. The number of pyridine rings is 1. The second-order valence-corrected chi connectivity index (χ2v) is 7.10. The number of nitrogens with zero attached hydrogens (tertiary/aromatic N) is 4. The summed E-state index contributed by atoms with van der Waals surface area (Å²) in [6.07, 6.45) is -0.0950. The van der Waals surface area contributed by atoms with Crippen molar-refractivity contribution in [1.82, 2.24) is 30.3 Å². The topological polar surface area (TPSA) is 118 Å². The van der Waals surface area contributed by atoms with Crippen molar-refractivity contribution in [3.05, 3.63) is 66.8 Å². The molecule has 0 saturated carbocycles. The monoisotopic (exact) mass is 472 g/mol. The van der Waals surface area contributed by atoms with Crippen LogP contribution in [0.4, 0.5) is 13.2 Å². The number of rotatable bonds is 8. The van der Waals surface area contributed by atoms with Crippen LogP contribution in [0.3, 0.4) is 0 Å². The van der Waals surface area contributed by atoms with Gasteiger partial charge in [-0.3, -0.25) is 9.89 Å². The Labute approximate surface area is 190 Å². The summed E-state index contributed by atoms with van der Waals surface area (Å²) in [5.74, 6) is -0.766. The van der Waals surface area contributed by atoms with E-state index in [1.807, 2.05) is 0 Å². The standard InChI is InChI=1S/C22H19F3N6O3/c1-2-19(33)27-12-18-20-15(16-11-28-29-17(16)8-10-32)7-9-26-21(20)31(30-18)13-3-5-14(6-4-13)34-22(23,24)25/h2-7,9,11,32H,1,8,10,12H2,(H,27,33)(H,28,29). The van der Waals surface area contributed by atoms with E-state index in [4.69, 9.17) is 0 Å². The summed E-state index contributed by atoms with van der Waals surface area (Å²) in [4.78, 5) is 16.2. The molecule has 176 valence electrons. The Morgan fingerprint density at radius 2 is 1.97 bits per heavy atom. The summed E-state index contributed by atoms with van der Waals surface area (Å²) >= 11 is 0. The molecule has 1 aromatic carbocycles. The Bertz CT molecular complexity index is 1330. The van der Waals surface area contributed by atoms with Crippen LogP contribution in [0.5, 0.6) is 5.75 Å². The number of aliphatic hydroxyl groups is 1. The van der Waals surface area contributed by atoms with E-state index in [1.165, 1.54) is 28.9 Å². The number of carbonyl (C=O) groups excluding carboxylic acids is 1. The van der Waals surface area contributed by atoms with Crippen molar-refractivity contribution in [1.29, 1.82) is 0 Å². The predicted molar refractivity (Wildman–Crippen MR) is 116 cm³/mol. The molecule has 4 aromatic rings. The highest BCUT2D eigenvalue weighted by molar-refractivity contribution is 5.96. The lowest BCUT2D eigenvalue weighted by molar-refractivity contribution is -0.274. The number of fused-ring (bicyclic) bond motifs is 1. The fraction of sp³-hybridized carbons (Fsp3) is 0.182. The molecule has 9 nitrogen and oxygen atoms in total. The summed E-state index contributed by atoms with van der Waals surface area (Å²) in [6, 6.07) is 6.95. The maximum Gasteiger partial charge on any atom is 0.573 e. The van der Waals surface area contributed by atoms with Crippen LogP contribution in [0, 0.1) is 0 Å². The molecule has 0 radical (unpaired) electrons. The van der Waals surface area contributed by atoms with Crippen LogP contribution >= 0.6 is 0 Å². The number of halogens is 3. The Kier molecular flexibility index (Phi) is 6.32. The lowest BCUT2D eigenvalue weighted by Crippen LogP contribution is -2.20. The second kappa shape index (κ2) is 9.35. The van der Waals surface area contributed by atoms with Crippen molar-refractivity contribution in [3.8, 4) is 22.6 Å². The van der Waals surface area contributed by atoms with Crippen LogP contribution in [-0.4, -0.2) is 48.9 Å². The molecular weight excluding hydrogens is 453 g/mol.